The molecule has 7 nitrogen and oxygen atoms in total. The van der Waals surface area contributed by atoms with Crippen LogP contribution >= 0.6 is 11.6 Å². The van der Waals surface area contributed by atoms with Crippen LogP contribution in [0.2, 0.25) is 5.02 Å². The molecule has 190 valence electrons. The molecule has 1 aliphatic rings. The first-order chi connectivity index (χ1) is 17.6. The number of nitrogens with zero attached hydrogens (tertiary/aromatic N) is 2. The van der Waals surface area contributed by atoms with E-state index in [0.29, 0.717) is 16.4 Å². The molecule has 37 heavy (non-hydrogen) atoms. The van der Waals surface area contributed by atoms with E-state index in [1.165, 1.54) is 4.90 Å². The van der Waals surface area contributed by atoms with Crippen molar-refractivity contribution in [3.63, 3.8) is 0 Å². The molecule has 8 heteroatoms. The molecular formula is C29H29ClN4O3. The number of carbonyl (C=O) groups is 3. The van der Waals surface area contributed by atoms with Crippen molar-refractivity contribution in [2.45, 2.75) is 38.4 Å². The second kappa shape index (κ2) is 10.6. The van der Waals surface area contributed by atoms with Crippen molar-refractivity contribution in [3.05, 3.63) is 101 Å². The summed E-state index contributed by atoms with van der Waals surface area (Å²) in [7, 11) is 1.66. The molecule has 1 aliphatic heterocycles. The number of carbonyl (C=O) groups excluding carboxylic acids is 3. The van der Waals surface area contributed by atoms with Gasteiger partial charge in [0.25, 0.3) is 5.91 Å². The maximum absolute atomic E-state index is 13.3. The van der Waals surface area contributed by atoms with Gasteiger partial charge in [-0.1, -0.05) is 72.3 Å². The van der Waals surface area contributed by atoms with Gasteiger partial charge in [-0.3, -0.25) is 14.4 Å². The summed E-state index contributed by atoms with van der Waals surface area (Å²) in [5, 5.41) is 6.07. The monoisotopic (exact) mass is 516 g/mol. The minimum Gasteiger partial charge on any atom is -0.344 e. The maximum atomic E-state index is 13.3. The van der Waals surface area contributed by atoms with E-state index in [2.05, 4.69) is 10.6 Å². The summed E-state index contributed by atoms with van der Waals surface area (Å²) >= 11 is 5.98. The van der Waals surface area contributed by atoms with Crippen molar-refractivity contribution in [2.24, 2.45) is 4.99 Å². The first kappa shape index (κ1) is 26.1. The third kappa shape index (κ3) is 5.42. The number of hydrogen-bond acceptors (Lipinski definition) is 4. The van der Waals surface area contributed by atoms with E-state index in [1.807, 2.05) is 54.6 Å². The van der Waals surface area contributed by atoms with Crippen molar-refractivity contribution >= 4 is 40.7 Å². The van der Waals surface area contributed by atoms with Crippen LogP contribution < -0.4 is 15.5 Å². The second-order valence-electron chi connectivity index (χ2n) is 9.50. The Kier molecular flexibility index (Phi) is 7.45. The van der Waals surface area contributed by atoms with E-state index >= 15 is 0 Å². The zero-order chi connectivity index (χ0) is 26.7. The Morgan fingerprint density at radius 3 is 2.27 bits per heavy atom. The largest absolute Gasteiger partial charge is 0.344 e. The number of halogens is 1. The Hall–Kier alpha value is -3.97. The lowest BCUT2D eigenvalue weighted by molar-refractivity contribution is -0.132. The van der Waals surface area contributed by atoms with Crippen LogP contribution in [0.5, 0.6) is 0 Å². The molecule has 0 saturated carbocycles. The smallest absolute Gasteiger partial charge is 0.272 e. The SMILES string of the molecule is C[C@H](NC(=O)C(C)(C)c1ccc(Cl)cc1)C(=O)N[C@H]1N=C(c2ccccc2)c2ccccc2N(C)C1=O. The van der Waals surface area contributed by atoms with Gasteiger partial charge in [0, 0.05) is 23.2 Å². The van der Waals surface area contributed by atoms with Crippen molar-refractivity contribution in [2.75, 3.05) is 11.9 Å². The van der Waals surface area contributed by atoms with E-state index in [1.54, 1.807) is 52.1 Å². The number of para-hydroxylation sites is 1. The molecule has 3 amide bonds. The van der Waals surface area contributed by atoms with Gasteiger partial charge in [-0.05, 0) is 44.5 Å². The fourth-order valence-corrected chi connectivity index (χ4v) is 4.27. The van der Waals surface area contributed by atoms with Gasteiger partial charge in [-0.2, -0.15) is 0 Å². The predicted octanol–water partition coefficient (Wildman–Crippen LogP) is 4.08. The van der Waals surface area contributed by atoms with Crippen molar-refractivity contribution in [1.82, 2.24) is 10.6 Å². The van der Waals surface area contributed by atoms with Gasteiger partial charge in [-0.15, -0.1) is 0 Å². The second-order valence-corrected chi connectivity index (χ2v) is 9.93. The number of fused-ring (bicyclic) bond motifs is 1. The van der Waals surface area contributed by atoms with Gasteiger partial charge in [0.15, 0.2) is 0 Å². The van der Waals surface area contributed by atoms with Crippen LogP contribution in [-0.4, -0.2) is 42.7 Å². The molecule has 0 saturated heterocycles. The van der Waals surface area contributed by atoms with Crippen LogP contribution in [0.1, 0.15) is 37.5 Å². The standard InChI is InChI=1S/C29H29ClN4O3/c1-18(31-28(37)29(2,3)20-14-16-21(30)17-15-20)26(35)33-25-27(36)34(4)23-13-9-8-12-22(23)24(32-25)19-10-6-5-7-11-19/h5-18,25H,1-4H3,(H,31,37)(H,33,35)/t18-,25+/m0/s1. The van der Waals surface area contributed by atoms with Crippen LogP contribution in [0.15, 0.2) is 83.9 Å². The van der Waals surface area contributed by atoms with E-state index < -0.39 is 23.5 Å². The number of nitrogens with one attached hydrogen (secondary N) is 2. The first-order valence-electron chi connectivity index (χ1n) is 12.0. The molecule has 1 heterocycles. The maximum Gasteiger partial charge on any atom is 0.272 e. The van der Waals surface area contributed by atoms with Crippen LogP contribution in [0, 0.1) is 0 Å². The summed E-state index contributed by atoms with van der Waals surface area (Å²) in [6.07, 6.45) is -1.16. The van der Waals surface area contributed by atoms with Crippen LogP contribution in [-0.2, 0) is 19.8 Å². The van der Waals surface area contributed by atoms with Gasteiger partial charge < -0.3 is 15.5 Å². The third-order valence-corrected chi connectivity index (χ3v) is 6.80. The topological polar surface area (TPSA) is 90.9 Å². The average molecular weight is 517 g/mol. The Morgan fingerprint density at radius 1 is 0.973 bits per heavy atom. The third-order valence-electron chi connectivity index (χ3n) is 6.54. The molecule has 0 aliphatic carbocycles. The molecule has 0 fully saturated rings. The molecule has 0 aromatic heterocycles. The normalized spacial score (nSPS) is 16.2. The lowest BCUT2D eigenvalue weighted by atomic mass is 9.83. The van der Waals surface area contributed by atoms with E-state index in [0.717, 1.165) is 16.7 Å². The molecule has 2 N–H and O–H groups in total. The predicted molar refractivity (Wildman–Crippen MR) is 146 cm³/mol. The summed E-state index contributed by atoms with van der Waals surface area (Å²) in [5.41, 5.74) is 2.75. The number of likely N-dealkylation sites (N-methyl/N-ethyl adjacent to an activating group) is 1. The van der Waals surface area contributed by atoms with Crippen LogP contribution in [0.25, 0.3) is 0 Å². The summed E-state index contributed by atoms with van der Waals surface area (Å²) in [5.74, 6) is -1.23. The van der Waals surface area contributed by atoms with Gasteiger partial charge in [-0.25, -0.2) is 4.99 Å². The number of aliphatic imine (C=N–C) groups is 1. The highest BCUT2D eigenvalue weighted by Crippen LogP contribution is 2.27. The zero-order valence-corrected chi connectivity index (χ0v) is 21.9. The average Bonchev–Trinajstić information content (AvgIpc) is 3.00. The van der Waals surface area contributed by atoms with E-state index in [-0.39, 0.29) is 11.8 Å². The number of benzene rings is 3. The molecule has 0 spiro atoms. The molecule has 0 radical (unpaired) electrons. The van der Waals surface area contributed by atoms with E-state index in [9.17, 15) is 14.4 Å². The van der Waals surface area contributed by atoms with Crippen molar-refractivity contribution in [1.29, 1.82) is 0 Å². The number of rotatable bonds is 6. The highest BCUT2D eigenvalue weighted by Gasteiger charge is 2.34. The summed E-state index contributed by atoms with van der Waals surface area (Å²) in [6, 6.07) is 23.1. The molecule has 3 aromatic carbocycles. The molecule has 0 bridgehead atoms. The van der Waals surface area contributed by atoms with Gasteiger partial charge >= 0.3 is 0 Å². The highest BCUT2D eigenvalue weighted by atomic mass is 35.5. The lowest BCUT2D eigenvalue weighted by Crippen LogP contribution is -2.54. The molecule has 3 aromatic rings. The Morgan fingerprint density at radius 2 is 1.59 bits per heavy atom. The van der Waals surface area contributed by atoms with E-state index in [4.69, 9.17) is 16.6 Å². The Labute approximate surface area is 221 Å². The molecule has 4 rings (SSSR count). The van der Waals surface area contributed by atoms with Gasteiger partial charge in [0.1, 0.15) is 6.04 Å². The van der Waals surface area contributed by atoms with Gasteiger partial charge in [0.05, 0.1) is 16.8 Å². The van der Waals surface area contributed by atoms with Crippen molar-refractivity contribution < 1.29 is 14.4 Å². The summed E-state index contributed by atoms with van der Waals surface area (Å²) in [4.78, 5) is 45.8. The van der Waals surface area contributed by atoms with Crippen LogP contribution in [0.3, 0.4) is 0 Å². The molecular weight excluding hydrogens is 488 g/mol. The number of hydrogen-bond donors (Lipinski definition) is 2. The highest BCUT2D eigenvalue weighted by molar-refractivity contribution is 6.30. The Balaban J connectivity index is 1.57. The quantitative estimate of drug-likeness (QED) is 0.517. The summed E-state index contributed by atoms with van der Waals surface area (Å²) < 4.78 is 0. The lowest BCUT2D eigenvalue weighted by Gasteiger charge is -2.27. The number of anilines is 1. The minimum absolute atomic E-state index is 0.331. The van der Waals surface area contributed by atoms with Gasteiger partial charge in [0.2, 0.25) is 18.0 Å². The fourth-order valence-electron chi connectivity index (χ4n) is 4.14. The minimum atomic E-state index is -1.16. The number of benzodiazepines with no additional fused rings is 1. The zero-order valence-electron chi connectivity index (χ0n) is 21.2. The summed E-state index contributed by atoms with van der Waals surface area (Å²) in [6.45, 7) is 5.12. The fraction of sp³-hybridized carbons (Fsp3) is 0.241. The first-order valence-corrected chi connectivity index (χ1v) is 12.3. The van der Waals surface area contributed by atoms with Crippen molar-refractivity contribution in [3.8, 4) is 0 Å². The number of amides is 3. The molecule has 0 unspecified atom stereocenters. The molecule has 2 atom stereocenters. The van der Waals surface area contributed by atoms with Crippen LogP contribution in [0.4, 0.5) is 5.69 Å². The Bertz CT molecular complexity index is 1350.